The van der Waals surface area contributed by atoms with E-state index in [1.807, 2.05) is 26.0 Å². The van der Waals surface area contributed by atoms with E-state index < -0.39 is 10.0 Å². The van der Waals surface area contributed by atoms with Crippen LogP contribution >= 0.6 is 0 Å². The van der Waals surface area contributed by atoms with Crippen molar-refractivity contribution in [1.29, 1.82) is 0 Å². The number of fused-ring (bicyclic) bond motifs is 1. The van der Waals surface area contributed by atoms with Gasteiger partial charge in [0.1, 0.15) is 16.7 Å². The van der Waals surface area contributed by atoms with Gasteiger partial charge in [-0.15, -0.1) is 0 Å². The molecule has 0 radical (unpaired) electrons. The molecule has 0 N–H and O–H groups in total. The van der Waals surface area contributed by atoms with E-state index in [0.717, 1.165) is 16.8 Å². The Morgan fingerprint density at radius 1 is 1.19 bits per heavy atom. The second-order valence-electron chi connectivity index (χ2n) is 6.78. The van der Waals surface area contributed by atoms with Gasteiger partial charge in [-0.2, -0.15) is 9.40 Å². The van der Waals surface area contributed by atoms with Gasteiger partial charge in [0.25, 0.3) is 0 Å². The average Bonchev–Trinajstić information content (AvgIpc) is 3.22. The molecule has 0 unspecified atom stereocenters. The Bertz CT molecular complexity index is 1090. The summed E-state index contributed by atoms with van der Waals surface area (Å²) in [5.41, 5.74) is 2.33. The first-order valence-electron chi connectivity index (χ1n) is 8.73. The summed E-state index contributed by atoms with van der Waals surface area (Å²) in [5, 5.41) is 5.04. The van der Waals surface area contributed by atoms with Gasteiger partial charge in [-0.05, 0) is 38.5 Å². The second-order valence-corrected chi connectivity index (χ2v) is 8.72. The monoisotopic (exact) mass is 387 g/mol. The number of rotatable bonds is 4. The number of ether oxygens (including phenoxy) is 1. The Balaban J connectivity index is 1.54. The summed E-state index contributed by atoms with van der Waals surface area (Å²) in [6, 6.07) is 5.37. The molecule has 3 aromatic heterocycles. The van der Waals surface area contributed by atoms with Crippen LogP contribution in [0.3, 0.4) is 0 Å². The van der Waals surface area contributed by atoms with Crippen molar-refractivity contribution in [3.8, 4) is 5.75 Å². The summed E-state index contributed by atoms with van der Waals surface area (Å²) < 4.78 is 35.0. The molecule has 4 rings (SSSR count). The fourth-order valence-electron chi connectivity index (χ4n) is 3.31. The quantitative estimate of drug-likeness (QED) is 0.678. The first kappa shape index (κ1) is 17.9. The lowest BCUT2D eigenvalue weighted by Crippen LogP contribution is -2.31. The Kier molecular flexibility index (Phi) is 4.35. The highest BCUT2D eigenvalue weighted by atomic mass is 32.2. The summed E-state index contributed by atoms with van der Waals surface area (Å²) in [6.07, 6.45) is 3.50. The molecule has 0 bridgehead atoms. The number of hydrogen-bond donors (Lipinski definition) is 0. The van der Waals surface area contributed by atoms with Crippen LogP contribution in [-0.4, -0.2) is 51.7 Å². The molecule has 0 aromatic carbocycles. The van der Waals surface area contributed by atoms with E-state index in [4.69, 9.17) is 4.74 Å². The van der Waals surface area contributed by atoms with E-state index in [-0.39, 0.29) is 11.0 Å². The van der Waals surface area contributed by atoms with Gasteiger partial charge < -0.3 is 4.74 Å². The highest BCUT2D eigenvalue weighted by molar-refractivity contribution is 7.89. The van der Waals surface area contributed by atoms with Crippen LogP contribution in [0, 0.1) is 13.8 Å². The Hall–Kier alpha value is -2.52. The van der Waals surface area contributed by atoms with Gasteiger partial charge in [0.15, 0.2) is 5.65 Å². The third kappa shape index (κ3) is 3.28. The predicted octanol–water partition coefficient (Wildman–Crippen LogP) is 1.82. The predicted molar refractivity (Wildman–Crippen MR) is 100 cm³/mol. The SMILES string of the molecule is Cc1ccc(O[C@@H]2CCN(S(=O)(=O)c3cnc4c(c3)c(C)nn4C)C2)cn1. The van der Waals surface area contributed by atoms with Crippen molar-refractivity contribution >= 4 is 21.1 Å². The van der Waals surface area contributed by atoms with Crippen molar-refractivity contribution in [2.24, 2.45) is 7.05 Å². The standard InChI is InChI=1S/C18H21N5O3S/c1-12-4-5-14(9-19-12)26-15-6-7-23(11-15)27(24,25)16-8-17-13(2)21-22(3)18(17)20-10-16/h4-5,8-10,15H,6-7,11H2,1-3H3/t15-/m1/s1. The van der Waals surface area contributed by atoms with Gasteiger partial charge in [-0.1, -0.05) is 0 Å². The smallest absolute Gasteiger partial charge is 0.244 e. The maximum atomic E-state index is 13.0. The maximum Gasteiger partial charge on any atom is 0.244 e. The molecule has 0 saturated carbocycles. The summed E-state index contributed by atoms with van der Waals surface area (Å²) in [7, 11) is -1.84. The second kappa shape index (κ2) is 6.58. The largest absolute Gasteiger partial charge is 0.487 e. The van der Waals surface area contributed by atoms with Crippen LogP contribution in [-0.2, 0) is 17.1 Å². The van der Waals surface area contributed by atoms with Gasteiger partial charge in [0.05, 0.1) is 18.4 Å². The van der Waals surface area contributed by atoms with Crippen molar-refractivity contribution in [3.05, 3.63) is 42.0 Å². The number of sulfonamides is 1. The van der Waals surface area contributed by atoms with Gasteiger partial charge in [-0.25, -0.2) is 13.4 Å². The minimum Gasteiger partial charge on any atom is -0.487 e. The van der Waals surface area contributed by atoms with Gasteiger partial charge in [0, 0.05) is 30.9 Å². The first-order valence-corrected chi connectivity index (χ1v) is 10.2. The number of nitrogens with zero attached hydrogens (tertiary/aromatic N) is 5. The summed E-state index contributed by atoms with van der Waals surface area (Å²) in [5.74, 6) is 0.652. The zero-order valence-corrected chi connectivity index (χ0v) is 16.3. The molecular formula is C18H21N5O3S. The Morgan fingerprint density at radius 2 is 2.00 bits per heavy atom. The van der Waals surface area contributed by atoms with Crippen molar-refractivity contribution in [2.45, 2.75) is 31.3 Å². The molecule has 3 aromatic rings. The molecular weight excluding hydrogens is 366 g/mol. The van der Waals surface area contributed by atoms with Crippen LogP contribution in [0.4, 0.5) is 0 Å². The van der Waals surface area contributed by atoms with Crippen LogP contribution < -0.4 is 4.74 Å². The molecule has 1 atom stereocenters. The van der Waals surface area contributed by atoms with Crippen molar-refractivity contribution in [1.82, 2.24) is 24.1 Å². The fourth-order valence-corrected chi connectivity index (χ4v) is 4.77. The van der Waals surface area contributed by atoms with E-state index in [0.29, 0.717) is 30.9 Å². The molecule has 1 fully saturated rings. The van der Waals surface area contributed by atoms with E-state index in [2.05, 4.69) is 15.1 Å². The topological polar surface area (TPSA) is 90.2 Å². The van der Waals surface area contributed by atoms with Gasteiger partial charge in [0.2, 0.25) is 10.0 Å². The van der Waals surface area contributed by atoms with E-state index in [9.17, 15) is 8.42 Å². The molecule has 4 heterocycles. The number of pyridine rings is 2. The van der Waals surface area contributed by atoms with Crippen LogP contribution in [0.5, 0.6) is 5.75 Å². The Labute approximate surface area is 157 Å². The molecule has 0 amide bonds. The maximum absolute atomic E-state index is 13.0. The van der Waals surface area contributed by atoms with E-state index >= 15 is 0 Å². The Morgan fingerprint density at radius 3 is 2.74 bits per heavy atom. The lowest BCUT2D eigenvalue weighted by atomic mass is 10.3. The van der Waals surface area contributed by atoms with E-state index in [1.54, 1.807) is 24.0 Å². The van der Waals surface area contributed by atoms with Crippen molar-refractivity contribution < 1.29 is 13.2 Å². The minimum absolute atomic E-state index is 0.184. The first-order chi connectivity index (χ1) is 12.8. The highest BCUT2D eigenvalue weighted by Gasteiger charge is 2.34. The molecule has 8 nitrogen and oxygen atoms in total. The molecule has 1 aliphatic rings. The lowest BCUT2D eigenvalue weighted by molar-refractivity contribution is 0.214. The van der Waals surface area contributed by atoms with Crippen LogP contribution in [0.15, 0.2) is 35.5 Å². The van der Waals surface area contributed by atoms with Crippen molar-refractivity contribution in [3.63, 3.8) is 0 Å². The van der Waals surface area contributed by atoms with Gasteiger partial charge in [-0.3, -0.25) is 9.67 Å². The van der Waals surface area contributed by atoms with Gasteiger partial charge >= 0.3 is 0 Å². The fraction of sp³-hybridized carbons (Fsp3) is 0.389. The molecule has 0 spiro atoms. The normalized spacial score (nSPS) is 18.3. The summed E-state index contributed by atoms with van der Waals surface area (Å²) in [4.78, 5) is 8.68. The molecule has 1 saturated heterocycles. The summed E-state index contributed by atoms with van der Waals surface area (Å²) in [6.45, 7) is 4.47. The zero-order valence-electron chi connectivity index (χ0n) is 15.5. The lowest BCUT2D eigenvalue weighted by Gasteiger charge is -2.17. The van der Waals surface area contributed by atoms with Crippen molar-refractivity contribution in [2.75, 3.05) is 13.1 Å². The number of aromatic nitrogens is 4. The molecule has 142 valence electrons. The van der Waals surface area contributed by atoms with E-state index in [1.165, 1.54) is 10.5 Å². The molecule has 0 aliphatic carbocycles. The summed E-state index contributed by atoms with van der Waals surface area (Å²) >= 11 is 0. The minimum atomic E-state index is -3.63. The molecule has 9 heteroatoms. The molecule has 27 heavy (non-hydrogen) atoms. The highest BCUT2D eigenvalue weighted by Crippen LogP contribution is 2.26. The van der Waals surface area contributed by atoms with Crippen LogP contribution in [0.25, 0.3) is 11.0 Å². The van der Waals surface area contributed by atoms with Crippen LogP contribution in [0.1, 0.15) is 17.8 Å². The zero-order chi connectivity index (χ0) is 19.2. The number of aryl methyl sites for hydroxylation is 3. The van der Waals surface area contributed by atoms with Crippen LogP contribution in [0.2, 0.25) is 0 Å². The third-order valence-electron chi connectivity index (χ3n) is 4.77. The number of hydrogen-bond acceptors (Lipinski definition) is 6. The third-order valence-corrected chi connectivity index (χ3v) is 6.60. The average molecular weight is 387 g/mol. The molecule has 1 aliphatic heterocycles.